The van der Waals surface area contributed by atoms with Crippen molar-refractivity contribution in [1.29, 1.82) is 0 Å². The standard InChI is InChI=1S/C20H18N4O3/c1-13-8-16(24-12-21-11-22-24)6-7-17(13)19(25)23-10-15-5-3-2-4-14(15)9-18(23)20(26)27/h2-8,11-12,18H,9-10H2,1H3,(H,26,27)/t18-/m0/s1. The monoisotopic (exact) mass is 362 g/mol. The lowest BCUT2D eigenvalue weighted by molar-refractivity contribution is -0.142. The third-order valence-corrected chi connectivity index (χ3v) is 4.92. The fraction of sp³-hybridized carbons (Fsp3) is 0.200. The number of carbonyl (C=O) groups excluding carboxylic acids is 1. The third kappa shape index (κ3) is 3.08. The summed E-state index contributed by atoms with van der Waals surface area (Å²) in [5.41, 5.74) is 4.01. The summed E-state index contributed by atoms with van der Waals surface area (Å²) in [7, 11) is 0. The molecule has 4 rings (SSSR count). The van der Waals surface area contributed by atoms with Crippen LogP contribution in [0.5, 0.6) is 0 Å². The predicted molar refractivity (Wildman–Crippen MR) is 97.5 cm³/mol. The van der Waals surface area contributed by atoms with E-state index in [0.717, 1.165) is 22.4 Å². The molecule has 0 aliphatic carbocycles. The Hall–Kier alpha value is -3.48. The quantitative estimate of drug-likeness (QED) is 0.772. The van der Waals surface area contributed by atoms with Gasteiger partial charge in [-0.15, -0.1) is 0 Å². The van der Waals surface area contributed by atoms with E-state index in [0.29, 0.717) is 12.0 Å². The zero-order valence-corrected chi connectivity index (χ0v) is 14.7. The number of benzene rings is 2. The lowest BCUT2D eigenvalue weighted by Crippen LogP contribution is -2.48. The minimum atomic E-state index is -0.991. The molecule has 7 heteroatoms. The Morgan fingerprint density at radius 3 is 2.59 bits per heavy atom. The van der Waals surface area contributed by atoms with Crippen LogP contribution in [0, 0.1) is 6.92 Å². The molecule has 1 aromatic heterocycles. The minimum Gasteiger partial charge on any atom is -0.480 e. The van der Waals surface area contributed by atoms with E-state index in [1.54, 1.807) is 23.1 Å². The SMILES string of the molecule is Cc1cc(-n2cncn2)ccc1C(=O)N1Cc2ccccc2C[C@H]1C(=O)O. The molecule has 1 aliphatic heterocycles. The van der Waals surface area contributed by atoms with Gasteiger partial charge < -0.3 is 10.0 Å². The van der Waals surface area contributed by atoms with Crippen LogP contribution in [0.4, 0.5) is 0 Å². The second-order valence-corrected chi connectivity index (χ2v) is 6.60. The van der Waals surface area contributed by atoms with Crippen molar-refractivity contribution < 1.29 is 14.7 Å². The zero-order valence-electron chi connectivity index (χ0n) is 14.7. The first kappa shape index (κ1) is 17.0. The van der Waals surface area contributed by atoms with E-state index in [-0.39, 0.29) is 12.5 Å². The minimum absolute atomic E-state index is 0.278. The lowest BCUT2D eigenvalue weighted by Gasteiger charge is -2.34. The number of carboxylic acid groups (broad SMARTS) is 1. The molecule has 0 radical (unpaired) electrons. The Bertz CT molecular complexity index is 1010. The number of nitrogens with zero attached hydrogens (tertiary/aromatic N) is 4. The Balaban J connectivity index is 1.68. The van der Waals surface area contributed by atoms with Gasteiger partial charge in [0.2, 0.25) is 0 Å². The van der Waals surface area contributed by atoms with Crippen LogP contribution in [0.15, 0.2) is 55.1 Å². The van der Waals surface area contributed by atoms with Gasteiger partial charge in [0.25, 0.3) is 5.91 Å². The van der Waals surface area contributed by atoms with Crippen molar-refractivity contribution >= 4 is 11.9 Å². The van der Waals surface area contributed by atoms with Crippen LogP contribution >= 0.6 is 0 Å². The highest BCUT2D eigenvalue weighted by Gasteiger charge is 2.35. The molecule has 27 heavy (non-hydrogen) atoms. The maximum Gasteiger partial charge on any atom is 0.326 e. The number of aliphatic carboxylic acids is 1. The molecule has 1 atom stereocenters. The van der Waals surface area contributed by atoms with Crippen molar-refractivity contribution in [2.45, 2.75) is 25.9 Å². The van der Waals surface area contributed by atoms with Gasteiger partial charge in [0.15, 0.2) is 0 Å². The number of hydrogen-bond donors (Lipinski definition) is 1. The zero-order chi connectivity index (χ0) is 19.0. The number of aromatic nitrogens is 3. The molecule has 0 fully saturated rings. The molecule has 1 N–H and O–H groups in total. The van der Waals surface area contributed by atoms with Crippen molar-refractivity contribution in [1.82, 2.24) is 19.7 Å². The van der Waals surface area contributed by atoms with Gasteiger partial charge in [-0.25, -0.2) is 14.5 Å². The molecular formula is C20H18N4O3. The first-order chi connectivity index (χ1) is 13.0. The Kier molecular flexibility index (Phi) is 4.19. The summed E-state index contributed by atoms with van der Waals surface area (Å²) < 4.78 is 1.61. The molecule has 1 aliphatic rings. The second-order valence-electron chi connectivity index (χ2n) is 6.60. The van der Waals surface area contributed by atoms with Crippen LogP contribution in [-0.2, 0) is 17.8 Å². The van der Waals surface area contributed by atoms with Crippen LogP contribution in [0.1, 0.15) is 27.0 Å². The van der Waals surface area contributed by atoms with Crippen LogP contribution in [-0.4, -0.2) is 42.7 Å². The third-order valence-electron chi connectivity index (χ3n) is 4.92. The highest BCUT2D eigenvalue weighted by Crippen LogP contribution is 2.26. The molecule has 3 aromatic rings. The van der Waals surface area contributed by atoms with Crippen LogP contribution in [0.2, 0.25) is 0 Å². The van der Waals surface area contributed by atoms with Gasteiger partial charge in [0, 0.05) is 18.5 Å². The van der Waals surface area contributed by atoms with Crippen molar-refractivity contribution in [3.8, 4) is 5.69 Å². The van der Waals surface area contributed by atoms with E-state index in [1.165, 1.54) is 11.2 Å². The Morgan fingerprint density at radius 2 is 1.93 bits per heavy atom. The lowest BCUT2D eigenvalue weighted by atomic mass is 9.93. The van der Waals surface area contributed by atoms with E-state index in [1.807, 2.05) is 37.3 Å². The van der Waals surface area contributed by atoms with Crippen molar-refractivity contribution in [3.63, 3.8) is 0 Å². The number of hydrogen-bond acceptors (Lipinski definition) is 4. The summed E-state index contributed by atoms with van der Waals surface area (Å²) in [6, 6.07) is 12.1. The molecule has 2 aromatic carbocycles. The molecule has 0 spiro atoms. The Labute approximate surface area is 155 Å². The van der Waals surface area contributed by atoms with E-state index in [2.05, 4.69) is 10.1 Å². The van der Waals surface area contributed by atoms with Gasteiger partial charge in [0.05, 0.1) is 5.69 Å². The molecule has 0 saturated carbocycles. The number of carbonyl (C=O) groups is 2. The summed E-state index contributed by atoms with van der Waals surface area (Å²) in [6.45, 7) is 2.12. The highest BCUT2D eigenvalue weighted by atomic mass is 16.4. The normalized spacial score (nSPS) is 16.0. The Morgan fingerprint density at radius 1 is 1.15 bits per heavy atom. The van der Waals surface area contributed by atoms with E-state index in [4.69, 9.17) is 0 Å². The van der Waals surface area contributed by atoms with Crippen molar-refractivity contribution in [2.75, 3.05) is 0 Å². The predicted octanol–water partition coefficient (Wildman–Crippen LogP) is 2.23. The molecule has 7 nitrogen and oxygen atoms in total. The van der Waals surface area contributed by atoms with Crippen LogP contribution < -0.4 is 0 Å². The van der Waals surface area contributed by atoms with Crippen LogP contribution in [0.25, 0.3) is 5.69 Å². The molecule has 0 bridgehead atoms. The van der Waals surface area contributed by atoms with Gasteiger partial charge in [-0.3, -0.25) is 4.79 Å². The maximum absolute atomic E-state index is 13.2. The largest absolute Gasteiger partial charge is 0.480 e. The summed E-state index contributed by atoms with van der Waals surface area (Å²) in [6.07, 6.45) is 3.34. The van der Waals surface area contributed by atoms with Gasteiger partial charge in [-0.1, -0.05) is 24.3 Å². The number of aryl methyl sites for hydroxylation is 1. The van der Waals surface area contributed by atoms with Gasteiger partial charge in [-0.05, 0) is 41.8 Å². The van der Waals surface area contributed by atoms with E-state index < -0.39 is 12.0 Å². The first-order valence-electron chi connectivity index (χ1n) is 8.61. The summed E-state index contributed by atoms with van der Waals surface area (Å²) >= 11 is 0. The molecule has 1 amide bonds. The fourth-order valence-corrected chi connectivity index (χ4v) is 3.48. The van der Waals surface area contributed by atoms with Gasteiger partial charge >= 0.3 is 5.97 Å². The maximum atomic E-state index is 13.2. The summed E-state index contributed by atoms with van der Waals surface area (Å²) in [4.78, 5) is 30.3. The summed E-state index contributed by atoms with van der Waals surface area (Å²) in [5, 5.41) is 13.7. The number of fused-ring (bicyclic) bond motifs is 1. The number of rotatable bonds is 3. The fourth-order valence-electron chi connectivity index (χ4n) is 3.48. The van der Waals surface area contributed by atoms with Crippen LogP contribution in [0.3, 0.4) is 0 Å². The molecule has 0 unspecified atom stereocenters. The average molecular weight is 362 g/mol. The smallest absolute Gasteiger partial charge is 0.326 e. The molecule has 2 heterocycles. The van der Waals surface area contributed by atoms with Crippen molar-refractivity contribution in [3.05, 3.63) is 77.4 Å². The van der Waals surface area contributed by atoms with Crippen molar-refractivity contribution in [2.24, 2.45) is 0 Å². The van der Waals surface area contributed by atoms with Gasteiger partial charge in [0.1, 0.15) is 18.7 Å². The number of carboxylic acids is 1. The molecule has 0 saturated heterocycles. The average Bonchev–Trinajstić information content (AvgIpc) is 3.21. The van der Waals surface area contributed by atoms with Gasteiger partial charge in [-0.2, -0.15) is 5.10 Å². The topological polar surface area (TPSA) is 88.3 Å². The van der Waals surface area contributed by atoms with E-state index in [9.17, 15) is 14.7 Å². The van der Waals surface area contributed by atoms with E-state index >= 15 is 0 Å². The first-order valence-corrected chi connectivity index (χ1v) is 8.61. The second kappa shape index (κ2) is 6.68. The molecular weight excluding hydrogens is 344 g/mol. The summed E-state index contributed by atoms with van der Waals surface area (Å²) in [5.74, 6) is -1.27. The molecule has 136 valence electrons. The number of amides is 1. The highest BCUT2D eigenvalue weighted by molar-refractivity contribution is 5.98.